The van der Waals surface area contributed by atoms with Crippen molar-refractivity contribution < 1.29 is 13.2 Å². The standard InChI is InChI=1S/C33H22F3N5/c34-33(35,36)21-16-14-20(15-17-21)31(37)39-32(38)41-28-13-7-5-11-24(28)26-19-18-25-23-10-4-6-12-27(23)40(29(25)30(26)41)22-8-2-1-3-9-22/h1-19H,(H3,37,38,39). The molecule has 200 valence electrons. The number of amidine groups is 1. The molecule has 0 aliphatic heterocycles. The molecule has 2 aromatic heterocycles. The number of fused-ring (bicyclic) bond motifs is 7. The third-order valence-electron chi connectivity index (χ3n) is 7.43. The summed E-state index contributed by atoms with van der Waals surface area (Å²) in [5, 5.41) is 13.1. The summed E-state index contributed by atoms with van der Waals surface area (Å²) in [4.78, 5) is 4.40. The molecule has 0 amide bonds. The average Bonchev–Trinajstić information content (AvgIpc) is 3.50. The van der Waals surface area contributed by atoms with E-state index in [-0.39, 0.29) is 11.8 Å². The number of aliphatic imine (C=N–C) groups is 1. The van der Waals surface area contributed by atoms with Gasteiger partial charge in [-0.2, -0.15) is 18.2 Å². The Labute approximate surface area is 232 Å². The van der Waals surface area contributed by atoms with Crippen LogP contribution in [0.2, 0.25) is 0 Å². The molecule has 0 spiro atoms. The number of halogens is 3. The molecule has 0 saturated carbocycles. The van der Waals surface area contributed by atoms with Crippen LogP contribution in [0.4, 0.5) is 13.2 Å². The van der Waals surface area contributed by atoms with Crippen LogP contribution >= 0.6 is 0 Å². The lowest BCUT2D eigenvalue weighted by Crippen LogP contribution is -2.19. The second-order valence-corrected chi connectivity index (χ2v) is 9.79. The Morgan fingerprint density at radius 1 is 0.634 bits per heavy atom. The zero-order valence-corrected chi connectivity index (χ0v) is 21.5. The van der Waals surface area contributed by atoms with Gasteiger partial charge < -0.3 is 10.3 Å². The van der Waals surface area contributed by atoms with Crippen molar-refractivity contribution in [3.63, 3.8) is 0 Å². The summed E-state index contributed by atoms with van der Waals surface area (Å²) in [7, 11) is 0. The topological polar surface area (TPSA) is 72.1 Å². The first-order chi connectivity index (χ1) is 19.8. The first-order valence-corrected chi connectivity index (χ1v) is 12.9. The van der Waals surface area contributed by atoms with Gasteiger partial charge in [0, 0.05) is 32.8 Å². The van der Waals surface area contributed by atoms with Gasteiger partial charge >= 0.3 is 6.18 Å². The fourth-order valence-corrected chi connectivity index (χ4v) is 5.62. The summed E-state index contributed by atoms with van der Waals surface area (Å²) in [6.45, 7) is 0. The quantitative estimate of drug-likeness (QED) is 0.167. The van der Waals surface area contributed by atoms with Crippen LogP contribution < -0.4 is 5.73 Å². The van der Waals surface area contributed by atoms with Crippen LogP contribution in [0.15, 0.2) is 120 Å². The maximum absolute atomic E-state index is 13.1. The molecule has 0 fully saturated rings. The Balaban J connectivity index is 1.53. The molecule has 0 aliphatic carbocycles. The zero-order valence-electron chi connectivity index (χ0n) is 21.5. The van der Waals surface area contributed by atoms with E-state index in [1.54, 1.807) is 4.57 Å². The van der Waals surface area contributed by atoms with Crippen molar-refractivity contribution in [3.8, 4) is 5.69 Å². The van der Waals surface area contributed by atoms with Crippen LogP contribution in [0, 0.1) is 5.41 Å². The van der Waals surface area contributed by atoms with Crippen LogP contribution in [0.25, 0.3) is 49.3 Å². The van der Waals surface area contributed by atoms with Gasteiger partial charge in [-0.25, -0.2) is 0 Å². The number of nitrogens with one attached hydrogen (secondary N) is 1. The SMILES string of the molecule is N=C(/N=C(\N)c1ccc(C(F)(F)F)cc1)n1c2ccccc2c2ccc3c4ccccc4n(-c4ccccc4)c3c21. The monoisotopic (exact) mass is 545 g/mol. The number of para-hydroxylation sites is 3. The third-order valence-corrected chi connectivity index (χ3v) is 7.43. The van der Waals surface area contributed by atoms with E-state index in [2.05, 4.69) is 33.8 Å². The van der Waals surface area contributed by atoms with Crippen molar-refractivity contribution in [3.05, 3.63) is 126 Å². The molecule has 2 heterocycles. The highest BCUT2D eigenvalue weighted by molar-refractivity contribution is 6.26. The van der Waals surface area contributed by atoms with Gasteiger partial charge in [-0.3, -0.25) is 9.98 Å². The molecule has 7 aromatic rings. The van der Waals surface area contributed by atoms with Crippen molar-refractivity contribution in [1.29, 1.82) is 5.41 Å². The van der Waals surface area contributed by atoms with Gasteiger partial charge in [0.05, 0.1) is 27.6 Å². The molecule has 0 radical (unpaired) electrons. The minimum atomic E-state index is -4.46. The molecule has 3 N–H and O–H groups in total. The Hall–Kier alpha value is -5.37. The van der Waals surface area contributed by atoms with Crippen LogP contribution in [-0.2, 0) is 6.18 Å². The van der Waals surface area contributed by atoms with Gasteiger partial charge in [0.2, 0.25) is 5.96 Å². The Bertz CT molecular complexity index is 2150. The van der Waals surface area contributed by atoms with Crippen molar-refractivity contribution in [2.24, 2.45) is 10.7 Å². The van der Waals surface area contributed by atoms with E-state index in [4.69, 9.17) is 11.1 Å². The highest BCUT2D eigenvalue weighted by Gasteiger charge is 2.30. The minimum absolute atomic E-state index is 0.0505. The lowest BCUT2D eigenvalue weighted by molar-refractivity contribution is -0.137. The van der Waals surface area contributed by atoms with Crippen molar-refractivity contribution >= 4 is 55.4 Å². The Morgan fingerprint density at radius 3 is 1.85 bits per heavy atom. The van der Waals surface area contributed by atoms with E-state index < -0.39 is 11.7 Å². The van der Waals surface area contributed by atoms with Gasteiger partial charge in [-0.05, 0) is 36.4 Å². The average molecular weight is 546 g/mol. The zero-order chi connectivity index (χ0) is 28.3. The van der Waals surface area contributed by atoms with E-state index >= 15 is 0 Å². The number of alkyl halides is 3. The molecular formula is C33H22F3N5. The van der Waals surface area contributed by atoms with Crippen LogP contribution in [0.5, 0.6) is 0 Å². The fourth-order valence-electron chi connectivity index (χ4n) is 5.62. The highest BCUT2D eigenvalue weighted by atomic mass is 19.4. The number of nitrogens with zero attached hydrogens (tertiary/aromatic N) is 3. The van der Waals surface area contributed by atoms with Crippen molar-refractivity contribution in [2.45, 2.75) is 6.18 Å². The summed E-state index contributed by atoms with van der Waals surface area (Å²) in [5.41, 5.74) is 10.3. The van der Waals surface area contributed by atoms with Gasteiger partial charge in [0.25, 0.3) is 0 Å². The summed E-state index contributed by atoms with van der Waals surface area (Å²) in [5.74, 6) is -0.198. The number of nitrogens with two attached hydrogens (primary N) is 1. The molecule has 0 atom stereocenters. The van der Waals surface area contributed by atoms with E-state index in [9.17, 15) is 13.2 Å². The summed E-state index contributed by atoms with van der Waals surface area (Å²) in [6.07, 6.45) is -4.46. The molecule has 5 nitrogen and oxygen atoms in total. The summed E-state index contributed by atoms with van der Waals surface area (Å²) in [6, 6.07) is 34.6. The molecule has 0 saturated heterocycles. The lowest BCUT2D eigenvalue weighted by atomic mass is 10.1. The van der Waals surface area contributed by atoms with Gasteiger partial charge in [0.15, 0.2) is 0 Å². The molecule has 0 aliphatic rings. The number of rotatable bonds is 2. The Kier molecular flexibility index (Phi) is 5.47. The molecular weight excluding hydrogens is 523 g/mol. The smallest absolute Gasteiger partial charge is 0.383 e. The second-order valence-electron chi connectivity index (χ2n) is 9.79. The predicted octanol–water partition coefficient (Wildman–Crippen LogP) is 8.10. The van der Waals surface area contributed by atoms with Gasteiger partial charge in [-0.15, -0.1) is 0 Å². The minimum Gasteiger partial charge on any atom is -0.383 e. The first-order valence-electron chi connectivity index (χ1n) is 12.9. The van der Waals surface area contributed by atoms with Gasteiger partial charge in [-0.1, -0.05) is 78.9 Å². The number of benzene rings is 5. The molecule has 0 unspecified atom stereocenters. The fraction of sp³-hybridized carbons (Fsp3) is 0.0303. The van der Waals surface area contributed by atoms with Gasteiger partial charge in [0.1, 0.15) is 5.84 Å². The van der Waals surface area contributed by atoms with E-state index in [0.29, 0.717) is 5.56 Å². The maximum atomic E-state index is 13.1. The van der Waals surface area contributed by atoms with E-state index in [1.807, 2.05) is 66.7 Å². The second kappa shape index (κ2) is 9.09. The molecule has 0 bridgehead atoms. The number of hydrogen-bond donors (Lipinski definition) is 2. The van der Waals surface area contributed by atoms with Crippen LogP contribution in [0.3, 0.4) is 0 Å². The van der Waals surface area contributed by atoms with Crippen LogP contribution in [-0.4, -0.2) is 20.9 Å². The summed E-state index contributed by atoms with van der Waals surface area (Å²) >= 11 is 0. The molecule has 5 aromatic carbocycles. The Morgan fingerprint density at radius 2 is 1.20 bits per heavy atom. The number of hydrogen-bond acceptors (Lipinski definition) is 1. The molecule has 8 heteroatoms. The normalized spacial score (nSPS) is 12.6. The van der Waals surface area contributed by atoms with Crippen LogP contribution in [0.1, 0.15) is 11.1 Å². The van der Waals surface area contributed by atoms with E-state index in [1.165, 1.54) is 12.1 Å². The summed E-state index contributed by atoms with van der Waals surface area (Å²) < 4.78 is 43.2. The first kappa shape index (κ1) is 24.7. The highest BCUT2D eigenvalue weighted by Crippen LogP contribution is 2.40. The third kappa shape index (κ3) is 3.87. The van der Waals surface area contributed by atoms with Crippen molar-refractivity contribution in [2.75, 3.05) is 0 Å². The van der Waals surface area contributed by atoms with Crippen molar-refractivity contribution in [1.82, 2.24) is 9.13 Å². The van der Waals surface area contributed by atoms with E-state index in [0.717, 1.165) is 61.4 Å². The maximum Gasteiger partial charge on any atom is 0.416 e. The lowest BCUT2D eigenvalue weighted by Gasteiger charge is -2.12. The largest absolute Gasteiger partial charge is 0.416 e. The molecule has 41 heavy (non-hydrogen) atoms. The predicted molar refractivity (Wildman–Crippen MR) is 159 cm³/mol. The number of aromatic nitrogens is 2. The molecule has 7 rings (SSSR count).